The molecule has 1 heterocycles. The number of ether oxygens (including phenoxy) is 2. The highest BCUT2D eigenvalue weighted by atomic mass is 19.2. The van der Waals surface area contributed by atoms with Gasteiger partial charge in [-0.3, -0.25) is 0 Å². The van der Waals surface area contributed by atoms with Gasteiger partial charge in [-0.2, -0.15) is 0 Å². The van der Waals surface area contributed by atoms with Crippen LogP contribution in [-0.2, 0) is 9.47 Å². The Morgan fingerprint density at radius 2 is 2.20 bits per heavy atom. The molecule has 0 aliphatic carbocycles. The van der Waals surface area contributed by atoms with Gasteiger partial charge in [0.2, 0.25) is 0 Å². The topological polar surface area (TPSA) is 47.6 Å². The van der Waals surface area contributed by atoms with Crippen LogP contribution < -0.4 is 5.32 Å². The Morgan fingerprint density at radius 3 is 2.80 bits per heavy atom. The predicted molar refractivity (Wildman–Crippen MR) is 69.8 cm³/mol. The molecule has 6 heteroatoms. The second kappa shape index (κ2) is 6.17. The van der Waals surface area contributed by atoms with Crippen LogP contribution in [0.1, 0.15) is 30.1 Å². The van der Waals surface area contributed by atoms with Gasteiger partial charge in [-0.15, -0.1) is 0 Å². The normalized spacial score (nSPS) is 19.7. The van der Waals surface area contributed by atoms with Crippen molar-refractivity contribution in [2.75, 3.05) is 19.0 Å². The summed E-state index contributed by atoms with van der Waals surface area (Å²) < 4.78 is 37.6. The summed E-state index contributed by atoms with van der Waals surface area (Å²) in [5.74, 6) is -3.20. The second-order valence-corrected chi connectivity index (χ2v) is 4.76. The third-order valence-corrected chi connectivity index (χ3v) is 3.39. The molecule has 0 aromatic heterocycles. The van der Waals surface area contributed by atoms with E-state index in [1.165, 1.54) is 12.1 Å². The van der Waals surface area contributed by atoms with Crippen LogP contribution >= 0.6 is 0 Å². The highest BCUT2D eigenvalue weighted by Gasteiger charge is 2.25. The first-order valence-electron chi connectivity index (χ1n) is 6.49. The Bertz CT molecular complexity index is 501. The molecule has 0 radical (unpaired) electrons. The van der Waals surface area contributed by atoms with Gasteiger partial charge in [-0.25, -0.2) is 13.6 Å². The van der Waals surface area contributed by atoms with Crippen LogP contribution in [0.5, 0.6) is 0 Å². The smallest absolute Gasteiger partial charge is 0.340 e. The van der Waals surface area contributed by atoms with E-state index in [0.717, 1.165) is 20.0 Å². The SMILES string of the molecule is COC(=O)c1ccc(NC(C)C2CCCO2)c(F)c1F. The van der Waals surface area contributed by atoms with E-state index in [4.69, 9.17) is 4.74 Å². The molecular formula is C14H17F2NO3. The van der Waals surface area contributed by atoms with Crippen LogP contribution in [-0.4, -0.2) is 31.8 Å². The quantitative estimate of drug-likeness (QED) is 0.864. The molecule has 0 bridgehead atoms. The van der Waals surface area contributed by atoms with Gasteiger partial charge in [-0.05, 0) is 31.9 Å². The number of methoxy groups -OCH3 is 1. The number of nitrogens with one attached hydrogen (secondary N) is 1. The minimum absolute atomic E-state index is 0.0122. The van der Waals surface area contributed by atoms with E-state index in [-0.39, 0.29) is 17.8 Å². The summed E-state index contributed by atoms with van der Waals surface area (Å²) in [6.07, 6.45) is 1.84. The van der Waals surface area contributed by atoms with Crippen molar-refractivity contribution in [1.82, 2.24) is 0 Å². The molecule has 1 aromatic rings. The van der Waals surface area contributed by atoms with Crippen molar-refractivity contribution >= 4 is 11.7 Å². The summed E-state index contributed by atoms with van der Waals surface area (Å²) in [6.45, 7) is 2.54. The number of anilines is 1. The van der Waals surface area contributed by atoms with Gasteiger partial charge in [-0.1, -0.05) is 0 Å². The Morgan fingerprint density at radius 1 is 1.45 bits per heavy atom. The van der Waals surface area contributed by atoms with Gasteiger partial charge in [0, 0.05) is 12.6 Å². The van der Waals surface area contributed by atoms with Crippen LogP contribution in [0.2, 0.25) is 0 Å². The predicted octanol–water partition coefficient (Wildman–Crippen LogP) is 2.73. The lowest BCUT2D eigenvalue weighted by Gasteiger charge is -2.21. The lowest BCUT2D eigenvalue weighted by molar-refractivity contribution is 0.0594. The molecule has 20 heavy (non-hydrogen) atoms. The molecule has 1 N–H and O–H groups in total. The number of esters is 1. The zero-order chi connectivity index (χ0) is 14.7. The first-order valence-corrected chi connectivity index (χ1v) is 6.49. The highest BCUT2D eigenvalue weighted by Crippen LogP contribution is 2.24. The zero-order valence-electron chi connectivity index (χ0n) is 11.4. The van der Waals surface area contributed by atoms with Crippen molar-refractivity contribution in [3.63, 3.8) is 0 Å². The highest BCUT2D eigenvalue weighted by molar-refractivity contribution is 5.90. The largest absolute Gasteiger partial charge is 0.465 e. The van der Waals surface area contributed by atoms with Gasteiger partial charge in [0.1, 0.15) is 0 Å². The molecule has 1 aliphatic rings. The monoisotopic (exact) mass is 285 g/mol. The van der Waals surface area contributed by atoms with Crippen LogP contribution in [0.3, 0.4) is 0 Å². The lowest BCUT2D eigenvalue weighted by atomic mass is 10.1. The van der Waals surface area contributed by atoms with Gasteiger partial charge >= 0.3 is 5.97 Å². The fourth-order valence-corrected chi connectivity index (χ4v) is 2.26. The number of rotatable bonds is 4. The van der Waals surface area contributed by atoms with Crippen molar-refractivity contribution in [2.45, 2.75) is 31.9 Å². The molecule has 110 valence electrons. The molecule has 2 unspecified atom stereocenters. The molecule has 1 saturated heterocycles. The first kappa shape index (κ1) is 14.7. The Hall–Kier alpha value is -1.69. The van der Waals surface area contributed by atoms with Crippen molar-refractivity contribution in [3.8, 4) is 0 Å². The summed E-state index contributed by atoms with van der Waals surface area (Å²) in [5, 5.41) is 2.88. The van der Waals surface area contributed by atoms with Gasteiger partial charge < -0.3 is 14.8 Å². The number of carbonyl (C=O) groups is 1. The Labute approximate surface area is 116 Å². The van der Waals surface area contributed by atoms with Crippen molar-refractivity contribution < 1.29 is 23.0 Å². The van der Waals surface area contributed by atoms with E-state index < -0.39 is 23.2 Å². The molecule has 4 nitrogen and oxygen atoms in total. The minimum Gasteiger partial charge on any atom is -0.465 e. The summed E-state index contributed by atoms with van der Waals surface area (Å²) in [7, 11) is 1.12. The molecule has 0 saturated carbocycles. The van der Waals surface area contributed by atoms with Crippen LogP contribution in [0.25, 0.3) is 0 Å². The molecular weight excluding hydrogens is 268 g/mol. The fraction of sp³-hybridized carbons (Fsp3) is 0.500. The van der Waals surface area contributed by atoms with Gasteiger partial charge in [0.25, 0.3) is 0 Å². The molecule has 2 rings (SSSR count). The number of benzene rings is 1. The number of hydrogen-bond acceptors (Lipinski definition) is 4. The van der Waals surface area contributed by atoms with E-state index in [2.05, 4.69) is 10.1 Å². The molecule has 0 amide bonds. The lowest BCUT2D eigenvalue weighted by Crippen LogP contribution is -2.30. The Kier molecular flexibility index (Phi) is 4.54. The maximum atomic E-state index is 13.9. The van der Waals surface area contributed by atoms with Crippen LogP contribution in [0, 0.1) is 11.6 Å². The van der Waals surface area contributed by atoms with E-state index in [1.807, 2.05) is 6.92 Å². The first-order chi connectivity index (χ1) is 9.54. The van der Waals surface area contributed by atoms with Crippen LogP contribution in [0.4, 0.5) is 14.5 Å². The third kappa shape index (κ3) is 2.90. The summed E-state index contributed by atoms with van der Waals surface area (Å²) in [5.41, 5.74) is -0.404. The summed E-state index contributed by atoms with van der Waals surface area (Å²) in [6, 6.07) is 2.39. The number of hydrogen-bond donors (Lipinski definition) is 1. The average Bonchev–Trinajstić information content (AvgIpc) is 2.97. The van der Waals surface area contributed by atoms with Crippen molar-refractivity contribution in [2.24, 2.45) is 0 Å². The maximum Gasteiger partial charge on any atom is 0.340 e. The fourth-order valence-electron chi connectivity index (χ4n) is 2.26. The molecule has 1 aliphatic heterocycles. The van der Waals surface area contributed by atoms with E-state index in [9.17, 15) is 13.6 Å². The van der Waals surface area contributed by atoms with Crippen LogP contribution in [0.15, 0.2) is 12.1 Å². The molecule has 1 aromatic carbocycles. The maximum absolute atomic E-state index is 13.9. The molecule has 0 spiro atoms. The standard InChI is InChI=1S/C14H17F2NO3/c1-8(11-4-3-7-20-11)17-10-6-5-9(14(18)19-2)12(15)13(10)16/h5-6,8,11,17H,3-4,7H2,1-2H3. The number of carbonyl (C=O) groups excluding carboxylic acids is 1. The Balaban J connectivity index is 2.16. The van der Waals surface area contributed by atoms with E-state index in [0.29, 0.717) is 6.61 Å². The molecule has 1 fully saturated rings. The van der Waals surface area contributed by atoms with Gasteiger partial charge in [0.05, 0.1) is 24.5 Å². The summed E-state index contributed by atoms with van der Waals surface area (Å²) >= 11 is 0. The average molecular weight is 285 g/mol. The van der Waals surface area contributed by atoms with E-state index in [1.54, 1.807) is 0 Å². The molecule has 2 atom stereocenters. The van der Waals surface area contributed by atoms with Crippen molar-refractivity contribution in [1.29, 1.82) is 0 Å². The minimum atomic E-state index is -1.21. The number of halogens is 2. The van der Waals surface area contributed by atoms with E-state index >= 15 is 0 Å². The second-order valence-electron chi connectivity index (χ2n) is 4.76. The van der Waals surface area contributed by atoms with Gasteiger partial charge in [0.15, 0.2) is 11.6 Å². The zero-order valence-corrected chi connectivity index (χ0v) is 11.4. The van der Waals surface area contributed by atoms with Crippen molar-refractivity contribution in [3.05, 3.63) is 29.3 Å². The summed E-state index contributed by atoms with van der Waals surface area (Å²) in [4.78, 5) is 11.3. The third-order valence-electron chi connectivity index (χ3n) is 3.39.